The second kappa shape index (κ2) is 10.8. The van der Waals surface area contributed by atoms with Crippen LogP contribution in [-0.4, -0.2) is 40.7 Å². The number of halogens is 1. The molecule has 172 valence electrons. The number of nitrogens with one attached hydrogen (secondary N) is 2. The smallest absolute Gasteiger partial charge is 0.342 e. The molecule has 2 amide bonds. The first-order chi connectivity index (χ1) is 15.8. The molecule has 1 aromatic heterocycles. The predicted molar refractivity (Wildman–Crippen MR) is 125 cm³/mol. The van der Waals surface area contributed by atoms with E-state index in [1.54, 1.807) is 43.7 Å². The Hall–Kier alpha value is -3.65. The molecule has 0 aliphatic heterocycles. The Morgan fingerprint density at radius 3 is 2.45 bits per heavy atom. The number of rotatable bonds is 8. The zero-order chi connectivity index (χ0) is 24.0. The molecule has 8 nitrogen and oxygen atoms in total. The topological polar surface area (TPSA) is 102 Å². The molecular formula is C24H25ClN4O4. The number of carbonyl (C=O) groups is 3. The molecule has 3 rings (SSSR count). The number of carbonyl (C=O) groups excluding carboxylic acids is 3. The molecule has 9 heteroatoms. The summed E-state index contributed by atoms with van der Waals surface area (Å²) in [5, 5.41) is 10.1. The van der Waals surface area contributed by atoms with Gasteiger partial charge in [0.1, 0.15) is 5.56 Å². The lowest BCUT2D eigenvalue weighted by molar-refractivity contribution is -0.126. The van der Waals surface area contributed by atoms with E-state index >= 15 is 0 Å². The fraction of sp³-hybridized carbons (Fsp3) is 0.250. The molecule has 0 spiro atoms. The Morgan fingerprint density at radius 2 is 1.73 bits per heavy atom. The molecule has 0 atom stereocenters. The lowest BCUT2D eigenvalue weighted by atomic mass is 10.2. The van der Waals surface area contributed by atoms with Crippen molar-refractivity contribution in [3.05, 3.63) is 81.6 Å². The quantitative estimate of drug-likeness (QED) is 0.493. The summed E-state index contributed by atoms with van der Waals surface area (Å²) in [6.45, 7) is 5.01. The van der Waals surface area contributed by atoms with Gasteiger partial charge in [-0.1, -0.05) is 48.0 Å². The van der Waals surface area contributed by atoms with Gasteiger partial charge in [-0.25, -0.2) is 4.79 Å². The van der Waals surface area contributed by atoms with Crippen LogP contribution in [0.3, 0.4) is 0 Å². The van der Waals surface area contributed by atoms with Crippen LogP contribution in [0, 0.1) is 20.8 Å². The Labute approximate surface area is 196 Å². The number of esters is 1. The van der Waals surface area contributed by atoms with Gasteiger partial charge in [-0.15, -0.1) is 0 Å². The summed E-state index contributed by atoms with van der Waals surface area (Å²) >= 11 is 6.03. The van der Waals surface area contributed by atoms with Crippen molar-refractivity contribution in [1.82, 2.24) is 15.1 Å². The Balaban J connectivity index is 1.50. The third-order valence-corrected chi connectivity index (χ3v) is 5.49. The summed E-state index contributed by atoms with van der Waals surface area (Å²) in [6.07, 6.45) is 0. The molecule has 0 saturated heterocycles. The van der Waals surface area contributed by atoms with Crippen LogP contribution in [0.15, 0.2) is 48.5 Å². The van der Waals surface area contributed by atoms with E-state index in [0.29, 0.717) is 34.2 Å². The molecule has 0 bridgehead atoms. The van der Waals surface area contributed by atoms with Crippen molar-refractivity contribution in [2.24, 2.45) is 0 Å². The van der Waals surface area contributed by atoms with E-state index in [1.807, 2.05) is 30.3 Å². The molecule has 1 heterocycles. The van der Waals surface area contributed by atoms with Gasteiger partial charge in [0, 0.05) is 10.7 Å². The van der Waals surface area contributed by atoms with Gasteiger partial charge in [-0.3, -0.25) is 14.3 Å². The number of benzene rings is 2. The highest BCUT2D eigenvalue weighted by atomic mass is 35.5. The summed E-state index contributed by atoms with van der Waals surface area (Å²) in [6, 6.07) is 14.9. The molecule has 0 unspecified atom stereocenters. The number of nitrogens with zero attached hydrogens (tertiary/aromatic N) is 2. The molecular weight excluding hydrogens is 444 g/mol. The summed E-state index contributed by atoms with van der Waals surface area (Å²) < 4.78 is 6.87. The fourth-order valence-corrected chi connectivity index (χ4v) is 3.45. The van der Waals surface area contributed by atoms with Crippen LogP contribution in [0.5, 0.6) is 0 Å². The Bertz CT molecular complexity index is 1170. The van der Waals surface area contributed by atoms with Gasteiger partial charge in [-0.2, -0.15) is 5.10 Å². The highest BCUT2D eigenvalue weighted by molar-refractivity contribution is 6.31. The van der Waals surface area contributed by atoms with Crippen molar-refractivity contribution in [1.29, 1.82) is 0 Å². The van der Waals surface area contributed by atoms with Crippen LogP contribution in [0.2, 0.25) is 5.02 Å². The highest BCUT2D eigenvalue weighted by Gasteiger charge is 2.21. The summed E-state index contributed by atoms with van der Waals surface area (Å²) in [5.41, 5.74) is 3.84. The van der Waals surface area contributed by atoms with Gasteiger partial charge in [0.15, 0.2) is 6.61 Å². The minimum Gasteiger partial charge on any atom is -0.452 e. The Morgan fingerprint density at radius 1 is 1.00 bits per heavy atom. The average molecular weight is 469 g/mol. The second-order valence-electron chi connectivity index (χ2n) is 7.50. The number of anilines is 1. The van der Waals surface area contributed by atoms with E-state index in [0.717, 1.165) is 11.1 Å². The van der Waals surface area contributed by atoms with Gasteiger partial charge in [0.2, 0.25) is 5.91 Å². The minimum atomic E-state index is -0.640. The summed E-state index contributed by atoms with van der Waals surface area (Å²) in [5.74, 6) is -1.65. The zero-order valence-electron chi connectivity index (χ0n) is 18.6. The van der Waals surface area contributed by atoms with Crippen molar-refractivity contribution in [3.63, 3.8) is 0 Å². The van der Waals surface area contributed by atoms with Gasteiger partial charge in [0.25, 0.3) is 5.91 Å². The van der Waals surface area contributed by atoms with E-state index in [2.05, 4.69) is 15.7 Å². The lowest BCUT2D eigenvalue weighted by Crippen LogP contribution is -2.35. The number of ether oxygens (including phenoxy) is 1. The van der Waals surface area contributed by atoms with E-state index in [9.17, 15) is 14.4 Å². The van der Waals surface area contributed by atoms with Gasteiger partial charge in [-0.05, 0) is 44.0 Å². The zero-order valence-corrected chi connectivity index (χ0v) is 19.4. The summed E-state index contributed by atoms with van der Waals surface area (Å²) in [4.78, 5) is 36.7. The largest absolute Gasteiger partial charge is 0.452 e. The van der Waals surface area contributed by atoms with Crippen LogP contribution in [0.4, 0.5) is 5.69 Å². The molecule has 0 fully saturated rings. The van der Waals surface area contributed by atoms with Crippen LogP contribution in [0.1, 0.15) is 32.9 Å². The first-order valence-corrected chi connectivity index (χ1v) is 10.7. The lowest BCUT2D eigenvalue weighted by Gasteiger charge is -2.10. The SMILES string of the molecule is Cc1nn(Cc2ccccc2)c(C)c1C(=O)OCC(=O)NCC(=O)Nc1cccc(Cl)c1C. The van der Waals surface area contributed by atoms with E-state index in [4.69, 9.17) is 16.3 Å². The van der Waals surface area contributed by atoms with Crippen LogP contribution >= 0.6 is 11.6 Å². The maximum absolute atomic E-state index is 12.6. The molecule has 0 saturated carbocycles. The molecule has 0 radical (unpaired) electrons. The third kappa shape index (κ3) is 6.20. The molecule has 3 aromatic rings. The third-order valence-electron chi connectivity index (χ3n) is 5.08. The van der Waals surface area contributed by atoms with Crippen molar-refractivity contribution < 1.29 is 19.1 Å². The number of amides is 2. The van der Waals surface area contributed by atoms with Crippen LogP contribution in [-0.2, 0) is 20.9 Å². The molecule has 2 aromatic carbocycles. The predicted octanol–water partition coefficient (Wildman–Crippen LogP) is 3.42. The molecule has 0 aliphatic carbocycles. The molecule has 0 aliphatic rings. The van der Waals surface area contributed by atoms with E-state index < -0.39 is 24.4 Å². The van der Waals surface area contributed by atoms with Crippen LogP contribution < -0.4 is 10.6 Å². The normalized spacial score (nSPS) is 10.5. The maximum atomic E-state index is 12.6. The first kappa shape index (κ1) is 24.0. The highest BCUT2D eigenvalue weighted by Crippen LogP contribution is 2.22. The standard InChI is InChI=1S/C24H25ClN4O4/c1-15-19(25)10-7-11-20(15)27-21(30)12-26-22(31)14-33-24(32)23-16(2)28-29(17(23)3)13-18-8-5-4-6-9-18/h4-11H,12-14H2,1-3H3,(H,26,31)(H,27,30). The van der Waals surface area contributed by atoms with Gasteiger partial charge < -0.3 is 15.4 Å². The molecule has 33 heavy (non-hydrogen) atoms. The van der Waals surface area contributed by atoms with Crippen LogP contribution in [0.25, 0.3) is 0 Å². The number of aryl methyl sites for hydroxylation is 1. The monoisotopic (exact) mass is 468 g/mol. The van der Waals surface area contributed by atoms with Crippen molar-refractivity contribution in [3.8, 4) is 0 Å². The van der Waals surface area contributed by atoms with Gasteiger partial charge >= 0.3 is 5.97 Å². The first-order valence-electron chi connectivity index (χ1n) is 10.3. The number of hydrogen-bond acceptors (Lipinski definition) is 5. The maximum Gasteiger partial charge on any atom is 0.342 e. The van der Waals surface area contributed by atoms with Crippen molar-refractivity contribution in [2.45, 2.75) is 27.3 Å². The summed E-state index contributed by atoms with van der Waals surface area (Å²) in [7, 11) is 0. The average Bonchev–Trinajstić information content (AvgIpc) is 3.07. The molecule has 2 N–H and O–H groups in total. The van der Waals surface area contributed by atoms with Crippen molar-refractivity contribution >= 4 is 35.1 Å². The van der Waals surface area contributed by atoms with E-state index in [1.165, 1.54) is 0 Å². The number of hydrogen-bond donors (Lipinski definition) is 2. The minimum absolute atomic E-state index is 0.268. The fourth-order valence-electron chi connectivity index (χ4n) is 3.27. The Kier molecular flexibility index (Phi) is 7.84. The number of aromatic nitrogens is 2. The second-order valence-corrected chi connectivity index (χ2v) is 7.91. The van der Waals surface area contributed by atoms with E-state index in [-0.39, 0.29) is 6.54 Å². The van der Waals surface area contributed by atoms with Gasteiger partial charge in [0.05, 0.1) is 24.5 Å². The van der Waals surface area contributed by atoms with Crippen molar-refractivity contribution in [2.75, 3.05) is 18.5 Å².